The van der Waals surface area contributed by atoms with Gasteiger partial charge in [-0.05, 0) is 50.2 Å². The van der Waals surface area contributed by atoms with Gasteiger partial charge in [-0.2, -0.15) is 0 Å². The van der Waals surface area contributed by atoms with Gasteiger partial charge in [0.25, 0.3) is 0 Å². The number of carbonyl (C=O) groups excluding carboxylic acids is 1. The van der Waals surface area contributed by atoms with E-state index in [2.05, 4.69) is 15.9 Å². The van der Waals surface area contributed by atoms with Gasteiger partial charge in [-0.25, -0.2) is 0 Å². The lowest BCUT2D eigenvalue weighted by atomic mass is 10.1. The Labute approximate surface area is 187 Å². The van der Waals surface area contributed by atoms with Crippen molar-refractivity contribution < 1.29 is 28.2 Å². The molecule has 0 fully saturated rings. The molecule has 2 aromatic carbocycles. The Morgan fingerprint density at radius 2 is 2.00 bits per heavy atom. The average Bonchev–Trinajstić information content (AvgIpc) is 3.31. The molecule has 0 aliphatic carbocycles. The molecule has 6 nitrogen and oxygen atoms in total. The van der Waals surface area contributed by atoms with Gasteiger partial charge < -0.3 is 23.4 Å². The third kappa shape index (κ3) is 3.75. The molecule has 2 aliphatic heterocycles. The van der Waals surface area contributed by atoms with Crippen molar-refractivity contribution in [2.75, 3.05) is 6.79 Å². The van der Waals surface area contributed by atoms with Gasteiger partial charge in [0.15, 0.2) is 12.6 Å². The third-order valence-electron chi connectivity index (χ3n) is 5.21. The smallest absolute Gasteiger partial charge is 0.232 e. The predicted octanol–water partition coefficient (Wildman–Crippen LogP) is 5.72. The second-order valence-electron chi connectivity index (χ2n) is 7.41. The highest BCUT2D eigenvalue weighted by Crippen LogP contribution is 2.40. The van der Waals surface area contributed by atoms with Crippen LogP contribution < -0.4 is 14.2 Å². The topological polar surface area (TPSA) is 67.1 Å². The van der Waals surface area contributed by atoms with E-state index in [0.717, 1.165) is 32.7 Å². The molecule has 0 N–H and O–H groups in total. The van der Waals surface area contributed by atoms with Crippen LogP contribution in [-0.2, 0) is 18.0 Å². The maximum Gasteiger partial charge on any atom is 0.232 e. The monoisotopic (exact) mass is 482 g/mol. The Hall–Kier alpha value is -3.03. The largest absolute Gasteiger partial charge is 0.488 e. The van der Waals surface area contributed by atoms with E-state index in [1.54, 1.807) is 24.3 Å². The lowest BCUT2D eigenvalue weighted by molar-refractivity contribution is -0.0176. The molecule has 0 radical (unpaired) electrons. The first-order valence-electron chi connectivity index (χ1n) is 9.78. The number of allylic oxidation sites excluding steroid dienone is 1. The van der Waals surface area contributed by atoms with Gasteiger partial charge in [-0.3, -0.25) is 4.79 Å². The van der Waals surface area contributed by atoms with E-state index in [1.165, 1.54) is 0 Å². The Bertz CT molecular complexity index is 1220. The predicted molar refractivity (Wildman–Crippen MR) is 116 cm³/mol. The molecular weight excluding hydrogens is 464 g/mol. The summed E-state index contributed by atoms with van der Waals surface area (Å²) in [6.07, 6.45) is 1.61. The molecule has 0 saturated heterocycles. The Balaban J connectivity index is 1.39. The van der Waals surface area contributed by atoms with Gasteiger partial charge in [0, 0.05) is 27.2 Å². The number of benzene rings is 2. The number of aryl methyl sites for hydroxylation is 1. The Kier molecular flexibility index (Phi) is 5.08. The standard InChI is InChI=1S/C24H19BrO6/c1-13-3-4-18(30-13)9-21-22(26)19-5-6-20(14(2)23(19)31-21)28-11-16-8-17(25)7-15-10-27-12-29-24(15)16/h3-9H,10-12H2,1-2H3/b21-9-. The zero-order valence-electron chi connectivity index (χ0n) is 17.0. The molecular formula is C24H19BrO6. The molecule has 2 aliphatic rings. The van der Waals surface area contributed by atoms with Gasteiger partial charge >= 0.3 is 0 Å². The van der Waals surface area contributed by atoms with Crippen molar-refractivity contribution in [3.63, 3.8) is 0 Å². The highest BCUT2D eigenvalue weighted by molar-refractivity contribution is 9.10. The van der Waals surface area contributed by atoms with Crippen molar-refractivity contribution in [3.05, 3.63) is 80.4 Å². The van der Waals surface area contributed by atoms with Crippen molar-refractivity contribution in [1.82, 2.24) is 0 Å². The van der Waals surface area contributed by atoms with E-state index in [9.17, 15) is 4.79 Å². The number of halogens is 1. The summed E-state index contributed by atoms with van der Waals surface area (Å²) >= 11 is 3.53. The minimum absolute atomic E-state index is 0.173. The van der Waals surface area contributed by atoms with Crippen molar-refractivity contribution >= 4 is 27.8 Å². The van der Waals surface area contributed by atoms with Crippen molar-refractivity contribution in [2.24, 2.45) is 0 Å². The first-order valence-corrected chi connectivity index (χ1v) is 10.6. The van der Waals surface area contributed by atoms with E-state index in [-0.39, 0.29) is 18.3 Å². The molecule has 0 saturated carbocycles. The normalized spacial score (nSPS) is 16.0. The average molecular weight is 483 g/mol. The molecule has 0 amide bonds. The van der Waals surface area contributed by atoms with E-state index in [0.29, 0.717) is 36.0 Å². The summed E-state index contributed by atoms with van der Waals surface area (Å²) in [5.41, 5.74) is 3.16. The summed E-state index contributed by atoms with van der Waals surface area (Å²) in [7, 11) is 0. The molecule has 158 valence electrons. The fourth-order valence-corrected chi connectivity index (χ4v) is 4.26. The maximum atomic E-state index is 12.7. The zero-order chi connectivity index (χ0) is 21.5. The summed E-state index contributed by atoms with van der Waals surface area (Å²) in [4.78, 5) is 12.7. The second kappa shape index (κ2) is 7.90. The number of carbonyl (C=O) groups is 1. The number of hydrogen-bond donors (Lipinski definition) is 0. The molecule has 3 aromatic rings. The van der Waals surface area contributed by atoms with Gasteiger partial charge in [-0.1, -0.05) is 15.9 Å². The second-order valence-corrected chi connectivity index (χ2v) is 8.32. The number of furan rings is 1. The molecule has 31 heavy (non-hydrogen) atoms. The number of fused-ring (bicyclic) bond motifs is 2. The maximum absolute atomic E-state index is 12.7. The van der Waals surface area contributed by atoms with Crippen LogP contribution in [-0.4, -0.2) is 12.6 Å². The number of Topliss-reactive ketones (excluding diaryl/α,β-unsaturated/α-hetero) is 1. The van der Waals surface area contributed by atoms with Crippen LogP contribution in [0.5, 0.6) is 17.2 Å². The lowest BCUT2D eigenvalue weighted by Gasteiger charge is -2.21. The molecule has 0 atom stereocenters. The van der Waals surface area contributed by atoms with Crippen LogP contribution in [0.15, 0.2) is 51.0 Å². The van der Waals surface area contributed by atoms with Crippen LogP contribution in [0.1, 0.15) is 38.6 Å². The minimum atomic E-state index is -0.173. The van der Waals surface area contributed by atoms with Gasteiger partial charge in [0.1, 0.15) is 35.4 Å². The van der Waals surface area contributed by atoms with E-state index < -0.39 is 0 Å². The number of ether oxygens (including phenoxy) is 4. The molecule has 0 bridgehead atoms. The summed E-state index contributed by atoms with van der Waals surface area (Å²) in [5.74, 6) is 3.35. The highest BCUT2D eigenvalue weighted by atomic mass is 79.9. The fourth-order valence-electron chi connectivity index (χ4n) is 3.70. The fraction of sp³-hybridized carbons (Fsp3) is 0.208. The van der Waals surface area contributed by atoms with Gasteiger partial charge in [0.2, 0.25) is 5.78 Å². The van der Waals surface area contributed by atoms with E-state index >= 15 is 0 Å². The number of ketones is 1. The van der Waals surface area contributed by atoms with E-state index in [4.69, 9.17) is 23.4 Å². The molecule has 0 unspecified atom stereocenters. The van der Waals surface area contributed by atoms with Crippen molar-refractivity contribution in [1.29, 1.82) is 0 Å². The first kappa shape index (κ1) is 19.9. The number of rotatable bonds is 4. The first-order chi connectivity index (χ1) is 15.0. The van der Waals surface area contributed by atoms with E-state index in [1.807, 2.05) is 32.0 Å². The van der Waals surface area contributed by atoms with Gasteiger partial charge in [0.05, 0.1) is 12.2 Å². The Morgan fingerprint density at radius 3 is 2.81 bits per heavy atom. The third-order valence-corrected chi connectivity index (χ3v) is 5.66. The minimum Gasteiger partial charge on any atom is -0.488 e. The van der Waals surface area contributed by atoms with Crippen molar-refractivity contribution in [3.8, 4) is 17.2 Å². The molecule has 3 heterocycles. The highest BCUT2D eigenvalue weighted by Gasteiger charge is 2.30. The van der Waals surface area contributed by atoms with Crippen molar-refractivity contribution in [2.45, 2.75) is 27.1 Å². The summed E-state index contributed by atoms with van der Waals surface area (Å²) in [6, 6.07) is 11.1. The zero-order valence-corrected chi connectivity index (χ0v) is 18.6. The molecule has 0 spiro atoms. The molecule has 7 heteroatoms. The van der Waals surface area contributed by atoms with Crippen LogP contribution in [0.3, 0.4) is 0 Å². The Morgan fingerprint density at radius 1 is 1.13 bits per heavy atom. The van der Waals surface area contributed by atoms with Crippen LogP contribution in [0.25, 0.3) is 6.08 Å². The summed E-state index contributed by atoms with van der Waals surface area (Å²) in [5, 5.41) is 0. The van der Waals surface area contributed by atoms with Gasteiger partial charge in [-0.15, -0.1) is 0 Å². The molecule has 5 rings (SSSR count). The summed E-state index contributed by atoms with van der Waals surface area (Å²) in [6.45, 7) is 4.76. The van der Waals surface area contributed by atoms with Crippen LogP contribution in [0.2, 0.25) is 0 Å². The lowest BCUT2D eigenvalue weighted by Crippen LogP contribution is -2.14. The quantitative estimate of drug-likeness (QED) is 0.443. The van der Waals surface area contributed by atoms with Crippen LogP contribution >= 0.6 is 15.9 Å². The van der Waals surface area contributed by atoms with Crippen LogP contribution in [0, 0.1) is 13.8 Å². The SMILES string of the molecule is Cc1ccc(/C=C2\Oc3c(ccc(OCc4cc(Br)cc5c4OCOC5)c3C)C2=O)o1. The number of hydrogen-bond acceptors (Lipinski definition) is 6. The summed E-state index contributed by atoms with van der Waals surface area (Å²) < 4.78 is 29.5. The van der Waals surface area contributed by atoms with Crippen LogP contribution in [0.4, 0.5) is 0 Å². The molecule has 1 aromatic heterocycles.